The lowest BCUT2D eigenvalue weighted by Gasteiger charge is -2.24. The molecule has 0 atom stereocenters. The van der Waals surface area contributed by atoms with Crippen molar-refractivity contribution in [1.29, 1.82) is 0 Å². The lowest BCUT2D eigenvalue weighted by atomic mass is 9.93. The van der Waals surface area contributed by atoms with Gasteiger partial charge in [0.2, 0.25) is 0 Å². The predicted molar refractivity (Wildman–Crippen MR) is 142 cm³/mol. The number of carbonyl (C=O) groups is 1. The fourth-order valence-electron chi connectivity index (χ4n) is 3.67. The summed E-state index contributed by atoms with van der Waals surface area (Å²) >= 11 is 1.38. The minimum absolute atomic E-state index is 0.0657. The summed E-state index contributed by atoms with van der Waals surface area (Å²) in [5.74, 6) is 0.0416. The molecule has 0 unspecified atom stereocenters. The third-order valence-electron chi connectivity index (χ3n) is 6.13. The van der Waals surface area contributed by atoms with Crippen LogP contribution in [0.5, 0.6) is 0 Å². The van der Waals surface area contributed by atoms with Gasteiger partial charge in [0.1, 0.15) is 11.4 Å². The van der Waals surface area contributed by atoms with E-state index in [4.69, 9.17) is 5.73 Å². The number of methoxy groups -OCH3 is 1. The van der Waals surface area contributed by atoms with Crippen molar-refractivity contribution < 1.29 is 17.9 Å². The van der Waals surface area contributed by atoms with Gasteiger partial charge in [-0.15, -0.1) is 0 Å². The number of pyridine rings is 1. The Morgan fingerprint density at radius 2 is 1.89 bits per heavy atom. The van der Waals surface area contributed by atoms with Gasteiger partial charge in [0, 0.05) is 35.4 Å². The van der Waals surface area contributed by atoms with Gasteiger partial charge in [-0.1, -0.05) is 42.1 Å². The molecular formula is C26H26N4O4S2. The van der Waals surface area contributed by atoms with Crippen molar-refractivity contribution in [1.82, 2.24) is 15.0 Å². The van der Waals surface area contributed by atoms with E-state index in [1.165, 1.54) is 31.3 Å². The van der Waals surface area contributed by atoms with Gasteiger partial charge in [-0.25, -0.2) is 23.2 Å². The van der Waals surface area contributed by atoms with Gasteiger partial charge >= 0.3 is 5.97 Å². The number of hydrogen-bond donors (Lipinski definition) is 1. The Labute approximate surface area is 214 Å². The first kappa shape index (κ1) is 25.6. The molecule has 2 aromatic heterocycles. The van der Waals surface area contributed by atoms with Gasteiger partial charge in [0.15, 0.2) is 15.0 Å². The minimum Gasteiger partial charge on any atom is -0.465 e. The van der Waals surface area contributed by atoms with Crippen LogP contribution in [0.1, 0.15) is 35.3 Å². The van der Waals surface area contributed by atoms with Crippen LogP contribution >= 0.6 is 11.8 Å². The van der Waals surface area contributed by atoms with E-state index < -0.39 is 20.6 Å². The first-order valence-corrected chi connectivity index (χ1v) is 13.9. The molecule has 2 N–H and O–H groups in total. The molecule has 4 rings (SSSR count). The zero-order valence-electron chi connectivity index (χ0n) is 20.3. The Balaban J connectivity index is 1.69. The smallest absolute Gasteiger partial charge is 0.343 e. The number of anilines is 1. The number of carbonyl (C=O) groups excluding carboxylic acids is 1. The number of nitrogen functional groups attached to an aromatic ring is 1. The van der Waals surface area contributed by atoms with Gasteiger partial charge in [0.25, 0.3) is 0 Å². The zero-order chi connectivity index (χ0) is 26.1. The molecule has 186 valence electrons. The topological polar surface area (TPSA) is 125 Å². The summed E-state index contributed by atoms with van der Waals surface area (Å²) in [7, 11) is -2.09. The lowest BCUT2D eigenvalue weighted by molar-refractivity contribution is 0.0601. The van der Waals surface area contributed by atoms with Crippen LogP contribution in [0.2, 0.25) is 0 Å². The molecular weight excluding hydrogens is 496 g/mol. The minimum atomic E-state index is -3.36. The van der Waals surface area contributed by atoms with Crippen LogP contribution in [0.3, 0.4) is 0 Å². The molecule has 0 aliphatic heterocycles. The van der Waals surface area contributed by atoms with Crippen molar-refractivity contribution in [2.45, 2.75) is 29.5 Å². The Morgan fingerprint density at radius 1 is 1.11 bits per heavy atom. The fourth-order valence-corrected chi connectivity index (χ4v) is 4.98. The van der Waals surface area contributed by atoms with Gasteiger partial charge in [0.05, 0.1) is 17.4 Å². The van der Waals surface area contributed by atoms with Crippen molar-refractivity contribution >= 4 is 44.3 Å². The normalized spacial score (nSPS) is 12.0. The van der Waals surface area contributed by atoms with Crippen molar-refractivity contribution in [3.63, 3.8) is 0 Å². The zero-order valence-corrected chi connectivity index (χ0v) is 22.0. The number of nitrogens with two attached hydrogens (primary N) is 1. The highest BCUT2D eigenvalue weighted by molar-refractivity contribution is 7.98. The number of aromatic nitrogens is 3. The van der Waals surface area contributed by atoms with Gasteiger partial charge in [-0.05, 0) is 48.7 Å². The van der Waals surface area contributed by atoms with Gasteiger partial charge in [-0.3, -0.25) is 4.98 Å². The van der Waals surface area contributed by atoms with Crippen molar-refractivity contribution in [3.8, 4) is 11.1 Å². The van der Waals surface area contributed by atoms with Crippen LogP contribution in [0, 0.1) is 0 Å². The maximum atomic E-state index is 12.5. The van der Waals surface area contributed by atoms with E-state index >= 15 is 0 Å². The van der Waals surface area contributed by atoms with Gasteiger partial charge in [-0.2, -0.15) is 0 Å². The Morgan fingerprint density at radius 3 is 2.58 bits per heavy atom. The van der Waals surface area contributed by atoms with Gasteiger partial charge < -0.3 is 10.5 Å². The largest absolute Gasteiger partial charge is 0.465 e. The third kappa shape index (κ3) is 5.05. The number of esters is 1. The Hall–Kier alpha value is -3.50. The monoisotopic (exact) mass is 522 g/mol. The van der Waals surface area contributed by atoms with E-state index in [0.29, 0.717) is 16.5 Å². The fraction of sp³-hybridized carbons (Fsp3) is 0.231. The molecule has 0 aliphatic rings. The molecule has 0 radical (unpaired) electrons. The SMILES string of the molecule is COC(=O)c1cnc(SCc2cccc(-c3cc(C(C)(C)S(C)(=O)=O)cc4cccnc34)c2)nc1N. The number of hydrogen-bond acceptors (Lipinski definition) is 9. The summed E-state index contributed by atoms with van der Waals surface area (Å²) in [5, 5.41) is 1.31. The molecule has 0 amide bonds. The average molecular weight is 523 g/mol. The van der Waals surface area contributed by atoms with Crippen LogP contribution < -0.4 is 5.73 Å². The number of rotatable bonds is 7. The highest BCUT2D eigenvalue weighted by Gasteiger charge is 2.33. The molecule has 2 heterocycles. The molecule has 2 aromatic carbocycles. The highest BCUT2D eigenvalue weighted by Crippen LogP contribution is 2.37. The third-order valence-corrected chi connectivity index (χ3v) is 9.16. The Kier molecular flexibility index (Phi) is 7.01. The maximum Gasteiger partial charge on any atom is 0.343 e. The molecule has 36 heavy (non-hydrogen) atoms. The average Bonchev–Trinajstić information content (AvgIpc) is 2.86. The number of benzene rings is 2. The predicted octanol–water partition coefficient (Wildman–Crippen LogP) is 4.63. The Bertz CT molecular complexity index is 1570. The number of sulfone groups is 1. The molecule has 0 bridgehead atoms. The molecule has 0 saturated carbocycles. The second kappa shape index (κ2) is 9.87. The van der Waals surface area contributed by atoms with E-state index in [1.807, 2.05) is 48.5 Å². The standard InChI is InChI=1S/C26H26N4O4S2/c1-26(2,36(4,32)33)19-12-18-9-6-10-28-22(18)20(13-19)17-8-5-7-16(11-17)15-35-25-29-14-21(23(27)30-25)24(31)34-3/h5-14H,15H2,1-4H3,(H2,27,29,30). The number of nitrogens with zero attached hydrogens (tertiary/aromatic N) is 3. The number of fused-ring (bicyclic) bond motifs is 1. The van der Waals surface area contributed by atoms with Crippen molar-refractivity contribution in [2.75, 3.05) is 19.1 Å². The molecule has 4 aromatic rings. The van der Waals surface area contributed by atoms with E-state index in [-0.39, 0.29) is 11.4 Å². The van der Waals surface area contributed by atoms with Crippen LogP contribution in [0.4, 0.5) is 5.82 Å². The summed E-state index contributed by atoms with van der Waals surface area (Å²) in [6.07, 6.45) is 4.34. The second-order valence-corrected chi connectivity index (χ2v) is 12.3. The summed E-state index contributed by atoms with van der Waals surface area (Å²) in [6, 6.07) is 15.5. The molecule has 0 spiro atoms. The first-order valence-electron chi connectivity index (χ1n) is 11.0. The van der Waals surface area contributed by atoms with Crippen LogP contribution in [-0.4, -0.2) is 42.7 Å². The molecule has 0 saturated heterocycles. The number of ether oxygens (including phenoxy) is 1. The maximum absolute atomic E-state index is 12.5. The van der Waals surface area contributed by atoms with Crippen LogP contribution in [0.25, 0.3) is 22.0 Å². The van der Waals surface area contributed by atoms with Crippen molar-refractivity contribution in [2.24, 2.45) is 0 Å². The van der Waals surface area contributed by atoms with E-state index in [9.17, 15) is 13.2 Å². The lowest BCUT2D eigenvalue weighted by Crippen LogP contribution is -2.28. The van der Waals surface area contributed by atoms with Crippen LogP contribution in [0.15, 0.2) is 66.1 Å². The molecule has 10 heteroatoms. The first-order chi connectivity index (χ1) is 17.0. The molecule has 8 nitrogen and oxygen atoms in total. The summed E-state index contributed by atoms with van der Waals surface area (Å²) in [5.41, 5.74) is 10.3. The molecule has 0 fully saturated rings. The van der Waals surface area contributed by atoms with Crippen molar-refractivity contribution in [3.05, 3.63) is 77.6 Å². The van der Waals surface area contributed by atoms with Crippen LogP contribution in [-0.2, 0) is 25.1 Å². The summed E-state index contributed by atoms with van der Waals surface area (Å²) < 4.78 is 28.7. The van der Waals surface area contributed by atoms with E-state index in [2.05, 4.69) is 19.7 Å². The van der Waals surface area contributed by atoms with E-state index in [0.717, 1.165) is 27.6 Å². The summed E-state index contributed by atoms with van der Waals surface area (Å²) in [6.45, 7) is 3.43. The second-order valence-electron chi connectivity index (χ2n) is 8.81. The quantitative estimate of drug-likeness (QED) is 0.210. The summed E-state index contributed by atoms with van der Waals surface area (Å²) in [4.78, 5) is 24.7. The van der Waals surface area contributed by atoms with E-state index in [1.54, 1.807) is 20.0 Å². The molecule has 0 aliphatic carbocycles. The number of thioether (sulfide) groups is 1. The highest BCUT2D eigenvalue weighted by atomic mass is 32.2.